The van der Waals surface area contributed by atoms with Crippen molar-refractivity contribution in [2.75, 3.05) is 30.8 Å². The van der Waals surface area contributed by atoms with Gasteiger partial charge in [0.1, 0.15) is 22.5 Å². The Bertz CT molecular complexity index is 1010. The molecule has 30 heavy (non-hydrogen) atoms. The third-order valence-corrected chi connectivity index (χ3v) is 7.72. The second kappa shape index (κ2) is 7.71. The summed E-state index contributed by atoms with van der Waals surface area (Å²) in [5, 5.41) is 10.4. The number of ether oxygens (including phenoxy) is 2. The molecule has 0 saturated carbocycles. The highest BCUT2D eigenvalue weighted by Crippen LogP contribution is 2.50. The third kappa shape index (κ3) is 3.12. The Morgan fingerprint density at radius 3 is 2.73 bits per heavy atom. The molecule has 1 unspecified atom stereocenters. The van der Waals surface area contributed by atoms with E-state index in [0.29, 0.717) is 29.6 Å². The quantitative estimate of drug-likeness (QED) is 0.784. The lowest BCUT2D eigenvalue weighted by molar-refractivity contribution is -0.0851. The highest BCUT2D eigenvalue weighted by Gasteiger charge is 2.46. The Kier molecular flexibility index (Phi) is 5.03. The van der Waals surface area contributed by atoms with Gasteiger partial charge in [-0.2, -0.15) is 15.2 Å². The molecular weight excluding hydrogens is 398 g/mol. The van der Waals surface area contributed by atoms with Crippen molar-refractivity contribution in [3.05, 3.63) is 27.3 Å². The van der Waals surface area contributed by atoms with Crippen molar-refractivity contribution in [1.29, 1.82) is 5.26 Å². The number of nitriles is 1. The van der Waals surface area contributed by atoms with Crippen molar-refractivity contribution in [2.45, 2.75) is 63.6 Å². The lowest BCUT2D eigenvalue weighted by atomic mass is 9.76. The lowest BCUT2D eigenvalue weighted by Crippen LogP contribution is -2.40. The van der Waals surface area contributed by atoms with Crippen molar-refractivity contribution in [2.24, 2.45) is 0 Å². The van der Waals surface area contributed by atoms with Crippen LogP contribution in [0.15, 0.2) is 0 Å². The molecule has 0 bridgehead atoms. The number of methoxy groups -OCH3 is 1. The van der Waals surface area contributed by atoms with Gasteiger partial charge >= 0.3 is 6.01 Å². The average Bonchev–Trinajstić information content (AvgIpc) is 2.92. The van der Waals surface area contributed by atoms with E-state index in [1.165, 1.54) is 41.9 Å². The molecule has 1 spiro atoms. The molecule has 1 aliphatic carbocycles. The fraction of sp³-hybridized carbons (Fsp3) is 0.591. The number of nitrogens with zero attached hydrogens (tertiary/aromatic N) is 4. The number of rotatable bonds is 2. The summed E-state index contributed by atoms with van der Waals surface area (Å²) in [6.07, 6.45) is 8.35. The van der Waals surface area contributed by atoms with Crippen LogP contribution in [0.4, 0.5) is 10.8 Å². The van der Waals surface area contributed by atoms with Crippen LogP contribution in [0.3, 0.4) is 0 Å². The van der Waals surface area contributed by atoms with Gasteiger partial charge < -0.3 is 20.1 Å². The fourth-order valence-electron chi connectivity index (χ4n) is 5.20. The summed E-state index contributed by atoms with van der Waals surface area (Å²) in [5.41, 5.74) is 9.29. The molecule has 2 N–H and O–H groups in total. The van der Waals surface area contributed by atoms with E-state index in [2.05, 4.69) is 11.0 Å². The normalized spacial score (nSPS) is 23.4. The Labute approximate surface area is 180 Å². The van der Waals surface area contributed by atoms with Crippen LogP contribution in [-0.2, 0) is 29.8 Å². The number of hydrogen-bond donors (Lipinski definition) is 1. The largest absolute Gasteiger partial charge is 0.467 e. The monoisotopic (exact) mass is 425 g/mol. The van der Waals surface area contributed by atoms with Crippen LogP contribution in [0.25, 0.3) is 0 Å². The number of aromatic nitrogens is 2. The molecule has 4 heterocycles. The Balaban J connectivity index is 1.59. The van der Waals surface area contributed by atoms with Gasteiger partial charge in [-0.15, -0.1) is 11.3 Å². The van der Waals surface area contributed by atoms with E-state index in [-0.39, 0.29) is 0 Å². The summed E-state index contributed by atoms with van der Waals surface area (Å²) in [6.45, 7) is 2.45. The van der Waals surface area contributed by atoms with Gasteiger partial charge in [0.2, 0.25) is 0 Å². The van der Waals surface area contributed by atoms with Crippen LogP contribution in [0.2, 0.25) is 0 Å². The number of anilines is 2. The van der Waals surface area contributed by atoms with E-state index >= 15 is 0 Å². The molecule has 0 radical (unpaired) electrons. The van der Waals surface area contributed by atoms with Crippen LogP contribution in [0, 0.1) is 11.3 Å². The molecule has 158 valence electrons. The zero-order chi connectivity index (χ0) is 20.7. The fourth-order valence-corrected chi connectivity index (χ4v) is 6.36. The van der Waals surface area contributed by atoms with Crippen LogP contribution < -0.4 is 15.4 Å². The number of thiophene rings is 1. The molecule has 3 aliphatic rings. The number of fused-ring (bicyclic) bond motifs is 3. The Morgan fingerprint density at radius 2 is 2.00 bits per heavy atom. The molecule has 2 aromatic rings. The smallest absolute Gasteiger partial charge is 0.318 e. The zero-order valence-corrected chi connectivity index (χ0v) is 18.2. The molecule has 0 aromatic carbocycles. The van der Waals surface area contributed by atoms with Gasteiger partial charge in [0.25, 0.3) is 0 Å². The number of nitrogen functional groups attached to an aromatic ring is 1. The SMILES string of the molecule is COc1nc2c(c(N3CCCCCC3)n1)COC1(CCCc3sc(N)c(C#N)c31)C2. The molecule has 1 fully saturated rings. The average molecular weight is 426 g/mol. The molecular formula is C22H27N5O2S. The summed E-state index contributed by atoms with van der Waals surface area (Å²) >= 11 is 1.54. The predicted molar refractivity (Wildman–Crippen MR) is 116 cm³/mol. The van der Waals surface area contributed by atoms with Crippen molar-refractivity contribution in [1.82, 2.24) is 9.97 Å². The highest BCUT2D eigenvalue weighted by atomic mass is 32.1. The van der Waals surface area contributed by atoms with Gasteiger partial charge in [-0.3, -0.25) is 0 Å². The summed E-state index contributed by atoms with van der Waals surface area (Å²) in [6, 6.07) is 2.74. The van der Waals surface area contributed by atoms with Crippen molar-refractivity contribution in [3.63, 3.8) is 0 Å². The lowest BCUT2D eigenvalue weighted by Gasteiger charge is -2.42. The van der Waals surface area contributed by atoms with Crippen molar-refractivity contribution >= 4 is 22.2 Å². The van der Waals surface area contributed by atoms with Crippen molar-refractivity contribution in [3.8, 4) is 12.1 Å². The predicted octanol–water partition coefficient (Wildman–Crippen LogP) is 3.69. The molecule has 0 amide bonds. The number of nitrogens with two attached hydrogens (primary N) is 1. The highest BCUT2D eigenvalue weighted by molar-refractivity contribution is 7.16. The third-order valence-electron chi connectivity index (χ3n) is 6.64. The zero-order valence-electron chi connectivity index (χ0n) is 17.4. The van der Waals surface area contributed by atoms with Crippen LogP contribution >= 0.6 is 11.3 Å². The first-order chi connectivity index (χ1) is 14.6. The van der Waals surface area contributed by atoms with Gasteiger partial charge in [0.15, 0.2) is 0 Å². The first-order valence-corrected chi connectivity index (χ1v) is 11.6. The number of hydrogen-bond acceptors (Lipinski definition) is 8. The molecule has 1 atom stereocenters. The van der Waals surface area contributed by atoms with Crippen molar-refractivity contribution < 1.29 is 9.47 Å². The molecule has 2 aliphatic heterocycles. The van der Waals surface area contributed by atoms with E-state index in [9.17, 15) is 5.26 Å². The van der Waals surface area contributed by atoms with Gasteiger partial charge in [-0.25, -0.2) is 0 Å². The summed E-state index contributed by atoms with van der Waals surface area (Å²) in [4.78, 5) is 13.0. The van der Waals surface area contributed by atoms with E-state index in [1.807, 2.05) is 0 Å². The first kappa shape index (κ1) is 19.6. The maximum Gasteiger partial charge on any atom is 0.318 e. The summed E-state index contributed by atoms with van der Waals surface area (Å²) < 4.78 is 12.1. The molecule has 2 aromatic heterocycles. The molecule has 1 saturated heterocycles. The minimum absolute atomic E-state index is 0.409. The van der Waals surface area contributed by atoms with E-state index in [1.54, 1.807) is 7.11 Å². The Hall–Kier alpha value is -2.37. The van der Waals surface area contributed by atoms with Gasteiger partial charge in [0, 0.05) is 35.5 Å². The topological polar surface area (TPSA) is 97.3 Å². The first-order valence-electron chi connectivity index (χ1n) is 10.8. The van der Waals surface area contributed by atoms with Crippen LogP contribution in [-0.4, -0.2) is 30.2 Å². The Morgan fingerprint density at radius 1 is 1.20 bits per heavy atom. The van der Waals surface area contributed by atoms with Crippen LogP contribution in [0.5, 0.6) is 6.01 Å². The van der Waals surface area contributed by atoms with Crippen LogP contribution in [0.1, 0.15) is 65.8 Å². The van der Waals surface area contributed by atoms with Gasteiger partial charge in [-0.1, -0.05) is 12.8 Å². The number of aryl methyl sites for hydroxylation is 1. The molecule has 5 rings (SSSR count). The second-order valence-electron chi connectivity index (χ2n) is 8.43. The van der Waals surface area contributed by atoms with E-state index < -0.39 is 5.60 Å². The maximum atomic E-state index is 9.76. The van der Waals surface area contributed by atoms with E-state index in [4.69, 9.17) is 25.2 Å². The summed E-state index contributed by atoms with van der Waals surface area (Å²) in [7, 11) is 1.62. The minimum Gasteiger partial charge on any atom is -0.467 e. The standard InChI is InChI=1S/C22H27N5O2S/c1-28-21-25-16-11-22(8-6-7-17-18(22)14(12-23)19(24)30-17)29-13-15(16)20(26-21)27-9-4-2-3-5-10-27/h2-11,13,24H2,1H3. The van der Waals surface area contributed by atoms with Gasteiger partial charge in [-0.05, 0) is 32.1 Å². The minimum atomic E-state index is -0.533. The second-order valence-corrected chi connectivity index (χ2v) is 9.56. The molecule has 7 nitrogen and oxygen atoms in total. The van der Waals surface area contributed by atoms with E-state index in [0.717, 1.165) is 55.0 Å². The molecule has 8 heteroatoms. The maximum absolute atomic E-state index is 9.76. The summed E-state index contributed by atoms with van der Waals surface area (Å²) in [5.74, 6) is 0.954. The van der Waals surface area contributed by atoms with Gasteiger partial charge in [0.05, 0.1) is 25.0 Å².